The first-order valence-electron chi connectivity index (χ1n) is 6.27. The number of nitrogens with two attached hydrogens (primary N) is 1. The zero-order chi connectivity index (χ0) is 15.3. The van der Waals surface area contributed by atoms with Crippen LogP contribution in [0.3, 0.4) is 0 Å². The van der Waals surface area contributed by atoms with Crippen LogP contribution in [-0.4, -0.2) is 25.5 Å². The molecule has 1 rings (SSSR count). The predicted octanol–water partition coefficient (Wildman–Crippen LogP) is 1.58. The molecule has 20 heavy (non-hydrogen) atoms. The molecule has 0 unspecified atom stereocenters. The molecule has 0 heterocycles. The smallest absolute Gasteiger partial charge is 0.231 e. The van der Waals surface area contributed by atoms with E-state index in [4.69, 9.17) is 10.5 Å². The van der Waals surface area contributed by atoms with E-state index in [0.29, 0.717) is 17.1 Å². The molecular formula is C14H21N3O3. The molecule has 4 N–H and O–H groups in total. The van der Waals surface area contributed by atoms with Crippen molar-refractivity contribution in [2.24, 2.45) is 11.1 Å². The molecule has 6 heteroatoms. The van der Waals surface area contributed by atoms with Gasteiger partial charge in [-0.05, 0) is 26.0 Å². The first kappa shape index (κ1) is 16.0. The van der Waals surface area contributed by atoms with E-state index in [2.05, 4.69) is 10.6 Å². The van der Waals surface area contributed by atoms with Crippen LogP contribution < -0.4 is 21.1 Å². The molecule has 0 aliphatic rings. The van der Waals surface area contributed by atoms with Gasteiger partial charge >= 0.3 is 0 Å². The highest BCUT2D eigenvalue weighted by Crippen LogP contribution is 2.28. The van der Waals surface area contributed by atoms with E-state index in [1.807, 2.05) is 0 Å². The highest BCUT2D eigenvalue weighted by atomic mass is 16.5. The van der Waals surface area contributed by atoms with E-state index < -0.39 is 5.41 Å². The molecule has 0 aliphatic carbocycles. The first-order valence-corrected chi connectivity index (χ1v) is 6.27. The van der Waals surface area contributed by atoms with Gasteiger partial charge in [-0.3, -0.25) is 9.59 Å². The topological polar surface area (TPSA) is 93.4 Å². The maximum atomic E-state index is 12.0. The minimum Gasteiger partial charge on any atom is -0.494 e. The van der Waals surface area contributed by atoms with Gasteiger partial charge in [0.05, 0.1) is 18.2 Å². The Bertz CT molecular complexity index is 512. The lowest BCUT2D eigenvalue weighted by atomic mass is 9.92. The van der Waals surface area contributed by atoms with Gasteiger partial charge in [0.2, 0.25) is 11.8 Å². The standard InChI is InChI=1S/C14H21N3O3/c1-9(18)16-11-6-5-10(7-12(11)20-4)17-13(19)14(2,3)8-15/h5-7H,8,15H2,1-4H3,(H,16,18)(H,17,19). The molecule has 2 amide bonds. The molecule has 0 fully saturated rings. The van der Waals surface area contributed by atoms with E-state index in [9.17, 15) is 9.59 Å². The predicted molar refractivity (Wildman–Crippen MR) is 78.8 cm³/mol. The monoisotopic (exact) mass is 279 g/mol. The number of methoxy groups -OCH3 is 1. The third-order valence-electron chi connectivity index (χ3n) is 2.90. The zero-order valence-electron chi connectivity index (χ0n) is 12.2. The van der Waals surface area contributed by atoms with Gasteiger partial charge in [0, 0.05) is 25.2 Å². The second kappa shape index (κ2) is 6.38. The molecule has 0 atom stereocenters. The second-order valence-electron chi connectivity index (χ2n) is 5.14. The molecule has 0 spiro atoms. The average Bonchev–Trinajstić information content (AvgIpc) is 2.39. The Morgan fingerprint density at radius 3 is 2.45 bits per heavy atom. The van der Waals surface area contributed by atoms with Gasteiger partial charge in [-0.2, -0.15) is 0 Å². The van der Waals surface area contributed by atoms with Gasteiger partial charge in [-0.25, -0.2) is 0 Å². The number of carbonyl (C=O) groups is 2. The Hall–Kier alpha value is -2.08. The molecule has 1 aromatic carbocycles. The molecule has 6 nitrogen and oxygen atoms in total. The summed E-state index contributed by atoms with van der Waals surface area (Å²) in [4.78, 5) is 23.1. The van der Waals surface area contributed by atoms with Gasteiger partial charge in [0.1, 0.15) is 5.75 Å². The lowest BCUT2D eigenvalue weighted by Crippen LogP contribution is -2.37. The Morgan fingerprint density at radius 1 is 1.30 bits per heavy atom. The molecule has 0 saturated carbocycles. The van der Waals surface area contributed by atoms with Crippen LogP contribution in [0.1, 0.15) is 20.8 Å². The van der Waals surface area contributed by atoms with Gasteiger partial charge in [-0.1, -0.05) is 0 Å². The van der Waals surface area contributed by atoms with E-state index in [-0.39, 0.29) is 18.4 Å². The molecule has 110 valence electrons. The summed E-state index contributed by atoms with van der Waals surface area (Å²) in [5.41, 5.74) is 6.05. The molecule has 0 bridgehead atoms. The number of ether oxygens (including phenoxy) is 1. The van der Waals surface area contributed by atoms with Crippen molar-refractivity contribution >= 4 is 23.2 Å². The van der Waals surface area contributed by atoms with Crippen LogP contribution in [0.4, 0.5) is 11.4 Å². The van der Waals surface area contributed by atoms with Crippen LogP contribution in [0.15, 0.2) is 18.2 Å². The van der Waals surface area contributed by atoms with Crippen molar-refractivity contribution in [3.8, 4) is 5.75 Å². The molecule has 0 saturated heterocycles. The minimum atomic E-state index is -0.649. The zero-order valence-corrected chi connectivity index (χ0v) is 12.2. The van der Waals surface area contributed by atoms with Gasteiger partial charge in [-0.15, -0.1) is 0 Å². The molecule has 0 aliphatic heterocycles. The van der Waals surface area contributed by atoms with Gasteiger partial charge < -0.3 is 21.1 Å². The van der Waals surface area contributed by atoms with Crippen molar-refractivity contribution in [2.75, 3.05) is 24.3 Å². The highest BCUT2D eigenvalue weighted by molar-refractivity contribution is 5.96. The maximum absolute atomic E-state index is 12.0. The van der Waals surface area contributed by atoms with Crippen molar-refractivity contribution < 1.29 is 14.3 Å². The number of amides is 2. The van der Waals surface area contributed by atoms with Gasteiger partial charge in [0.15, 0.2) is 0 Å². The summed E-state index contributed by atoms with van der Waals surface area (Å²) in [6.45, 7) is 5.20. The summed E-state index contributed by atoms with van der Waals surface area (Å²) in [6, 6.07) is 5.01. The lowest BCUT2D eigenvalue weighted by molar-refractivity contribution is -0.123. The summed E-state index contributed by atoms with van der Waals surface area (Å²) in [6.07, 6.45) is 0. The third kappa shape index (κ3) is 3.96. The summed E-state index contributed by atoms with van der Waals surface area (Å²) in [5.74, 6) is 0.113. The fourth-order valence-electron chi connectivity index (χ4n) is 1.45. The van der Waals surface area contributed by atoms with Crippen molar-refractivity contribution in [2.45, 2.75) is 20.8 Å². The number of rotatable bonds is 5. The number of nitrogens with one attached hydrogen (secondary N) is 2. The second-order valence-corrected chi connectivity index (χ2v) is 5.14. The van der Waals surface area contributed by atoms with Gasteiger partial charge in [0.25, 0.3) is 0 Å². The van der Waals surface area contributed by atoms with E-state index in [0.717, 1.165) is 0 Å². The average molecular weight is 279 g/mol. The fourth-order valence-corrected chi connectivity index (χ4v) is 1.45. The SMILES string of the molecule is COc1cc(NC(=O)C(C)(C)CN)ccc1NC(C)=O. The normalized spacial score (nSPS) is 10.8. The first-order chi connectivity index (χ1) is 9.30. The van der Waals surface area contributed by atoms with Crippen molar-refractivity contribution in [3.05, 3.63) is 18.2 Å². The van der Waals surface area contributed by atoms with Crippen LogP contribution in [0.25, 0.3) is 0 Å². The van der Waals surface area contributed by atoms with Crippen molar-refractivity contribution in [1.82, 2.24) is 0 Å². The number of anilines is 2. The van der Waals surface area contributed by atoms with Crippen LogP contribution in [0, 0.1) is 5.41 Å². The van der Waals surface area contributed by atoms with Crippen LogP contribution >= 0.6 is 0 Å². The van der Waals surface area contributed by atoms with Crippen molar-refractivity contribution in [1.29, 1.82) is 0 Å². The third-order valence-corrected chi connectivity index (χ3v) is 2.90. The highest BCUT2D eigenvalue weighted by Gasteiger charge is 2.25. The molecule has 0 aromatic heterocycles. The Morgan fingerprint density at radius 2 is 1.95 bits per heavy atom. The van der Waals surface area contributed by atoms with E-state index in [1.165, 1.54) is 14.0 Å². The minimum absolute atomic E-state index is 0.172. The number of hydrogen-bond donors (Lipinski definition) is 3. The Balaban J connectivity index is 2.93. The maximum Gasteiger partial charge on any atom is 0.231 e. The molecule has 0 radical (unpaired) electrons. The quantitative estimate of drug-likeness (QED) is 0.762. The Kier molecular flexibility index (Phi) is 5.10. The Labute approximate surface area is 118 Å². The molecular weight excluding hydrogens is 258 g/mol. The largest absolute Gasteiger partial charge is 0.494 e. The van der Waals surface area contributed by atoms with E-state index in [1.54, 1.807) is 32.0 Å². The van der Waals surface area contributed by atoms with Crippen LogP contribution in [0.2, 0.25) is 0 Å². The van der Waals surface area contributed by atoms with E-state index >= 15 is 0 Å². The van der Waals surface area contributed by atoms with Crippen LogP contribution in [-0.2, 0) is 9.59 Å². The summed E-state index contributed by atoms with van der Waals surface area (Å²) in [7, 11) is 1.50. The summed E-state index contributed by atoms with van der Waals surface area (Å²) in [5, 5.41) is 5.43. The molecule has 1 aromatic rings. The lowest BCUT2D eigenvalue weighted by Gasteiger charge is -2.21. The number of benzene rings is 1. The number of carbonyl (C=O) groups excluding carboxylic acids is 2. The summed E-state index contributed by atoms with van der Waals surface area (Å²) < 4.78 is 5.19. The van der Waals surface area contributed by atoms with Crippen molar-refractivity contribution in [3.63, 3.8) is 0 Å². The summed E-state index contributed by atoms with van der Waals surface area (Å²) >= 11 is 0. The number of hydrogen-bond acceptors (Lipinski definition) is 4. The van der Waals surface area contributed by atoms with Crippen LogP contribution in [0.5, 0.6) is 5.75 Å². The fraction of sp³-hybridized carbons (Fsp3) is 0.429.